The second kappa shape index (κ2) is 11.6. The number of halogens is 1. The molecule has 0 bridgehead atoms. The molecule has 0 aliphatic heterocycles. The van der Waals surface area contributed by atoms with Crippen molar-refractivity contribution in [1.82, 2.24) is 5.32 Å². The molecule has 0 saturated carbocycles. The Morgan fingerprint density at radius 3 is 2.52 bits per heavy atom. The molecule has 2 rings (SSSR count). The van der Waals surface area contributed by atoms with Gasteiger partial charge in [0.1, 0.15) is 17.9 Å². The Morgan fingerprint density at radius 2 is 1.96 bits per heavy atom. The summed E-state index contributed by atoms with van der Waals surface area (Å²) < 4.78 is 18.8. The van der Waals surface area contributed by atoms with E-state index in [1.165, 1.54) is 12.1 Å². The third-order valence-corrected chi connectivity index (χ3v) is 3.88. The molecular formula is C22H25FN2O2. The van der Waals surface area contributed by atoms with Crippen LogP contribution in [0.3, 0.4) is 0 Å². The molecule has 0 radical (unpaired) electrons. The fourth-order valence-electron chi connectivity index (χ4n) is 2.55. The third kappa shape index (κ3) is 6.36. The maximum Gasteiger partial charge on any atom is 0.133 e. The average Bonchev–Trinajstić information content (AvgIpc) is 2.72. The van der Waals surface area contributed by atoms with E-state index in [4.69, 9.17) is 10.00 Å². The van der Waals surface area contributed by atoms with Crippen molar-refractivity contribution < 1.29 is 13.9 Å². The highest BCUT2D eigenvalue weighted by molar-refractivity contribution is 5.70. The number of rotatable bonds is 8. The SMILES string of the molecule is C=C(C#N)C(Cc1ccc(-c2cc(F)ccc2OC)cc1)NCC=O.CC. The molecule has 0 aromatic heterocycles. The first kappa shape index (κ1) is 22.1. The van der Waals surface area contributed by atoms with Crippen LogP contribution in [-0.2, 0) is 11.2 Å². The van der Waals surface area contributed by atoms with Gasteiger partial charge in [0.2, 0.25) is 0 Å². The van der Waals surface area contributed by atoms with E-state index in [-0.39, 0.29) is 18.4 Å². The van der Waals surface area contributed by atoms with Crippen molar-refractivity contribution in [3.8, 4) is 22.9 Å². The molecule has 5 heteroatoms. The summed E-state index contributed by atoms with van der Waals surface area (Å²) in [5.74, 6) is 0.265. The van der Waals surface area contributed by atoms with Crippen LogP contribution in [0.5, 0.6) is 5.75 Å². The largest absolute Gasteiger partial charge is 0.496 e. The minimum Gasteiger partial charge on any atom is -0.496 e. The zero-order chi connectivity index (χ0) is 20.2. The van der Waals surface area contributed by atoms with E-state index < -0.39 is 0 Å². The molecule has 2 aromatic rings. The molecule has 0 heterocycles. The summed E-state index contributed by atoms with van der Waals surface area (Å²) in [6, 6.07) is 13.7. The van der Waals surface area contributed by atoms with E-state index in [9.17, 15) is 9.18 Å². The fourth-order valence-corrected chi connectivity index (χ4v) is 2.55. The monoisotopic (exact) mass is 368 g/mol. The van der Waals surface area contributed by atoms with Crippen LogP contribution in [0.4, 0.5) is 4.39 Å². The minimum atomic E-state index is -0.330. The summed E-state index contributed by atoms with van der Waals surface area (Å²) in [4.78, 5) is 10.5. The lowest BCUT2D eigenvalue weighted by Crippen LogP contribution is -2.33. The molecule has 0 saturated heterocycles. The molecule has 142 valence electrons. The summed E-state index contributed by atoms with van der Waals surface area (Å²) >= 11 is 0. The van der Waals surface area contributed by atoms with Crippen LogP contribution < -0.4 is 10.1 Å². The predicted octanol–water partition coefficient (Wildman–Crippen LogP) is 4.31. The Hall–Kier alpha value is -2.97. The summed E-state index contributed by atoms with van der Waals surface area (Å²) in [6.45, 7) is 7.88. The van der Waals surface area contributed by atoms with Gasteiger partial charge in [-0.1, -0.05) is 44.7 Å². The predicted molar refractivity (Wildman–Crippen MR) is 106 cm³/mol. The van der Waals surface area contributed by atoms with E-state index in [0.29, 0.717) is 23.3 Å². The number of hydrogen-bond acceptors (Lipinski definition) is 4. The van der Waals surface area contributed by atoms with Gasteiger partial charge in [0, 0.05) is 17.2 Å². The molecule has 0 fully saturated rings. The van der Waals surface area contributed by atoms with Crippen molar-refractivity contribution in [2.45, 2.75) is 26.3 Å². The highest BCUT2D eigenvalue weighted by atomic mass is 19.1. The van der Waals surface area contributed by atoms with Crippen LogP contribution in [0, 0.1) is 17.1 Å². The zero-order valence-corrected chi connectivity index (χ0v) is 16.0. The lowest BCUT2D eigenvalue weighted by atomic mass is 9.97. The van der Waals surface area contributed by atoms with E-state index >= 15 is 0 Å². The van der Waals surface area contributed by atoms with Crippen LogP contribution >= 0.6 is 0 Å². The second-order valence-corrected chi connectivity index (χ2v) is 5.51. The van der Waals surface area contributed by atoms with Gasteiger partial charge in [0.25, 0.3) is 0 Å². The van der Waals surface area contributed by atoms with Gasteiger partial charge in [0.05, 0.1) is 19.7 Å². The number of methoxy groups -OCH3 is 1. The Morgan fingerprint density at radius 1 is 1.30 bits per heavy atom. The smallest absolute Gasteiger partial charge is 0.133 e. The van der Waals surface area contributed by atoms with Crippen LogP contribution in [0.25, 0.3) is 11.1 Å². The number of carbonyl (C=O) groups excluding carboxylic acids is 1. The molecule has 27 heavy (non-hydrogen) atoms. The zero-order valence-electron chi connectivity index (χ0n) is 16.0. The number of nitrogens with one attached hydrogen (secondary N) is 1. The molecular weight excluding hydrogens is 343 g/mol. The number of hydrogen-bond donors (Lipinski definition) is 1. The number of aldehydes is 1. The highest BCUT2D eigenvalue weighted by Crippen LogP contribution is 2.30. The standard InChI is InChI=1S/C20H19FN2O2.C2H6/c1-14(13-22)19(23-9-10-24)11-15-3-5-16(6-4-15)18-12-17(21)7-8-20(18)25-2;1-2/h3-8,10,12,19,23H,1,9,11H2,2H3;1-2H3. The van der Waals surface area contributed by atoms with Gasteiger partial charge < -0.3 is 14.8 Å². The normalized spacial score (nSPS) is 10.8. The molecule has 1 unspecified atom stereocenters. The molecule has 2 aromatic carbocycles. The first-order valence-corrected chi connectivity index (χ1v) is 8.77. The van der Waals surface area contributed by atoms with Crippen LogP contribution in [-0.4, -0.2) is 26.0 Å². The maximum atomic E-state index is 13.5. The Kier molecular flexibility index (Phi) is 9.49. The quantitative estimate of drug-likeness (QED) is 0.557. The van der Waals surface area contributed by atoms with Gasteiger partial charge >= 0.3 is 0 Å². The van der Waals surface area contributed by atoms with Crippen LogP contribution in [0.1, 0.15) is 19.4 Å². The van der Waals surface area contributed by atoms with Gasteiger partial charge in [-0.3, -0.25) is 0 Å². The molecule has 0 amide bonds. The summed E-state index contributed by atoms with van der Waals surface area (Å²) in [7, 11) is 1.54. The molecule has 1 N–H and O–H groups in total. The molecule has 0 aliphatic rings. The summed E-state index contributed by atoms with van der Waals surface area (Å²) in [5, 5.41) is 12.0. The van der Waals surface area contributed by atoms with Gasteiger partial charge in [-0.2, -0.15) is 5.26 Å². The molecule has 1 atom stereocenters. The highest BCUT2D eigenvalue weighted by Gasteiger charge is 2.13. The number of ether oxygens (including phenoxy) is 1. The van der Waals surface area contributed by atoms with Gasteiger partial charge in [-0.05, 0) is 35.7 Å². The Bertz CT molecular complexity index is 795. The topological polar surface area (TPSA) is 62.1 Å². The Balaban J connectivity index is 0.00000176. The number of nitriles is 1. The minimum absolute atomic E-state index is 0.157. The maximum absolute atomic E-state index is 13.5. The number of nitrogens with zero attached hydrogens (tertiary/aromatic N) is 1. The van der Waals surface area contributed by atoms with E-state index in [0.717, 1.165) is 17.4 Å². The van der Waals surface area contributed by atoms with Crippen molar-refractivity contribution in [2.75, 3.05) is 13.7 Å². The van der Waals surface area contributed by atoms with Gasteiger partial charge in [-0.25, -0.2) is 4.39 Å². The number of carbonyl (C=O) groups is 1. The van der Waals surface area contributed by atoms with Crippen molar-refractivity contribution in [3.05, 3.63) is 66.0 Å². The van der Waals surface area contributed by atoms with Crippen molar-refractivity contribution in [1.29, 1.82) is 5.26 Å². The van der Waals surface area contributed by atoms with E-state index in [1.54, 1.807) is 13.2 Å². The summed E-state index contributed by atoms with van der Waals surface area (Å²) in [6.07, 6.45) is 1.28. The fraction of sp³-hybridized carbons (Fsp3) is 0.273. The van der Waals surface area contributed by atoms with Crippen LogP contribution in [0.15, 0.2) is 54.6 Å². The summed E-state index contributed by atoms with van der Waals surface area (Å²) in [5.41, 5.74) is 2.85. The van der Waals surface area contributed by atoms with Crippen molar-refractivity contribution >= 4 is 6.29 Å². The molecule has 0 spiro atoms. The third-order valence-electron chi connectivity index (χ3n) is 3.88. The van der Waals surface area contributed by atoms with Crippen LogP contribution in [0.2, 0.25) is 0 Å². The second-order valence-electron chi connectivity index (χ2n) is 5.51. The lowest BCUT2D eigenvalue weighted by Gasteiger charge is -2.16. The average molecular weight is 368 g/mol. The van der Waals surface area contributed by atoms with Gasteiger partial charge in [0.15, 0.2) is 0 Å². The number of benzene rings is 2. The first-order chi connectivity index (χ1) is 13.1. The molecule has 0 aliphatic carbocycles. The van der Waals surface area contributed by atoms with E-state index in [2.05, 4.69) is 11.9 Å². The lowest BCUT2D eigenvalue weighted by molar-refractivity contribution is -0.107. The van der Waals surface area contributed by atoms with Crippen molar-refractivity contribution in [3.63, 3.8) is 0 Å². The first-order valence-electron chi connectivity index (χ1n) is 8.77. The molecule has 4 nitrogen and oxygen atoms in total. The van der Waals surface area contributed by atoms with Crippen molar-refractivity contribution in [2.24, 2.45) is 0 Å². The van der Waals surface area contributed by atoms with E-state index in [1.807, 2.05) is 44.2 Å². The van der Waals surface area contributed by atoms with Gasteiger partial charge in [-0.15, -0.1) is 0 Å². The Labute approximate surface area is 160 Å².